The Kier molecular flexibility index (Phi) is 7.17. The molecule has 1 atom stereocenters. The van der Waals surface area contributed by atoms with Crippen molar-refractivity contribution in [3.63, 3.8) is 0 Å². The maximum atomic E-state index is 13.3. The van der Waals surface area contributed by atoms with Gasteiger partial charge in [-0.25, -0.2) is 4.79 Å². The summed E-state index contributed by atoms with van der Waals surface area (Å²) in [5.41, 5.74) is 6.03. The van der Waals surface area contributed by atoms with Crippen molar-refractivity contribution in [2.75, 3.05) is 0 Å². The van der Waals surface area contributed by atoms with E-state index in [4.69, 9.17) is 9.84 Å². The van der Waals surface area contributed by atoms with Crippen molar-refractivity contribution in [3.05, 3.63) is 101 Å². The second-order valence-corrected chi connectivity index (χ2v) is 8.49. The minimum atomic E-state index is -0.980. The van der Waals surface area contributed by atoms with Crippen LogP contribution in [0.4, 0.5) is 0 Å². The lowest BCUT2D eigenvalue weighted by Gasteiger charge is -2.08. The summed E-state index contributed by atoms with van der Waals surface area (Å²) in [6.45, 7) is 6.26. The highest BCUT2D eigenvalue weighted by atomic mass is 16.5. The molecule has 7 nitrogen and oxygen atoms in total. The summed E-state index contributed by atoms with van der Waals surface area (Å²) in [6.07, 6.45) is 6.53. The molecule has 0 aliphatic carbocycles. The first-order valence-corrected chi connectivity index (χ1v) is 11.4. The lowest BCUT2D eigenvalue weighted by molar-refractivity contribution is -0.149. The van der Waals surface area contributed by atoms with Crippen molar-refractivity contribution in [2.45, 2.75) is 40.0 Å². The summed E-state index contributed by atoms with van der Waals surface area (Å²) >= 11 is 0. The van der Waals surface area contributed by atoms with E-state index in [9.17, 15) is 9.59 Å². The number of aliphatic carboxylic acids is 1. The summed E-state index contributed by atoms with van der Waals surface area (Å²) < 4.78 is 7.39. The van der Waals surface area contributed by atoms with Gasteiger partial charge in [-0.3, -0.25) is 4.79 Å². The van der Waals surface area contributed by atoms with E-state index in [-0.39, 0.29) is 12.4 Å². The summed E-state index contributed by atoms with van der Waals surface area (Å²) in [5.74, 6) is -1.01. The second kappa shape index (κ2) is 10.4. The number of nitrogens with zero attached hydrogens (tertiary/aromatic N) is 3. The van der Waals surface area contributed by atoms with E-state index in [1.54, 1.807) is 12.4 Å². The molecule has 0 saturated carbocycles. The second-order valence-electron chi connectivity index (χ2n) is 8.49. The molecule has 0 fully saturated rings. The topological polar surface area (TPSA) is 94.3 Å². The monoisotopic (exact) mass is 469 g/mol. The third-order valence-corrected chi connectivity index (χ3v) is 6.00. The van der Waals surface area contributed by atoms with Crippen LogP contribution in [0.1, 0.15) is 45.2 Å². The lowest BCUT2D eigenvalue weighted by Crippen LogP contribution is -2.19. The molecule has 0 spiro atoms. The van der Waals surface area contributed by atoms with Crippen LogP contribution in [0.25, 0.3) is 17.0 Å². The molecule has 4 aromatic rings. The smallest absolute Gasteiger partial charge is 0.332 e. The van der Waals surface area contributed by atoms with Crippen LogP contribution in [0, 0.1) is 13.8 Å². The van der Waals surface area contributed by atoms with Gasteiger partial charge in [0.15, 0.2) is 11.9 Å². The van der Waals surface area contributed by atoms with Crippen molar-refractivity contribution in [1.82, 2.24) is 14.8 Å². The zero-order valence-electron chi connectivity index (χ0n) is 19.9. The molecule has 2 heterocycles. The number of carboxylic acids is 1. The molecule has 1 N–H and O–H groups in total. The zero-order chi connectivity index (χ0) is 24.9. The number of fused-ring (bicyclic) bond motifs is 1. The Morgan fingerprint density at radius 2 is 1.71 bits per heavy atom. The van der Waals surface area contributed by atoms with Crippen LogP contribution in [0.15, 0.2) is 67.0 Å². The van der Waals surface area contributed by atoms with E-state index in [1.807, 2.05) is 74.5 Å². The fourth-order valence-corrected chi connectivity index (χ4v) is 3.92. The van der Waals surface area contributed by atoms with E-state index in [0.29, 0.717) is 17.7 Å². The van der Waals surface area contributed by atoms with E-state index >= 15 is 0 Å². The summed E-state index contributed by atoms with van der Waals surface area (Å²) in [6, 6.07) is 15.3. The Morgan fingerprint density at radius 3 is 2.40 bits per heavy atom. The van der Waals surface area contributed by atoms with Gasteiger partial charge in [0.1, 0.15) is 0 Å². The molecule has 178 valence electrons. The summed E-state index contributed by atoms with van der Waals surface area (Å²) in [4.78, 5) is 24.2. The largest absolute Gasteiger partial charge is 0.479 e. The van der Waals surface area contributed by atoms with Gasteiger partial charge in [-0.05, 0) is 31.9 Å². The molecule has 0 radical (unpaired) electrons. The molecule has 0 aliphatic rings. The third-order valence-electron chi connectivity index (χ3n) is 6.00. The zero-order valence-corrected chi connectivity index (χ0v) is 19.9. The van der Waals surface area contributed by atoms with Crippen LogP contribution in [0.3, 0.4) is 0 Å². The number of hydrogen-bond donors (Lipinski definition) is 1. The fourth-order valence-electron chi connectivity index (χ4n) is 3.92. The van der Waals surface area contributed by atoms with Gasteiger partial charge in [-0.15, -0.1) is 0 Å². The maximum absolute atomic E-state index is 13.3. The SMILES string of the molecule is Cc1ccc(C(=O)c2c(C)n(C/C=C/c3ccc(CO[C@@H](C)C(=O)O)cc3)c3cnncc23)cc1. The number of carboxylic acid groups (broad SMARTS) is 1. The number of aryl methyl sites for hydroxylation is 1. The molecule has 0 bridgehead atoms. The standard InChI is InChI=1S/C28H27N3O4/c1-18-6-12-23(13-7-18)27(32)26-19(2)31(25-16-30-29-15-24(25)26)14-4-5-21-8-10-22(11-9-21)17-35-20(3)28(33)34/h4-13,15-16,20H,14,17H2,1-3H3,(H,33,34)/b5-4+/t20-/m0/s1. The number of allylic oxidation sites excluding steroid dienone is 1. The Bertz CT molecular complexity index is 1390. The molecular formula is C28H27N3O4. The predicted molar refractivity (Wildman–Crippen MR) is 134 cm³/mol. The van der Waals surface area contributed by atoms with Gasteiger partial charge in [-0.2, -0.15) is 10.2 Å². The van der Waals surface area contributed by atoms with Crippen molar-refractivity contribution in [2.24, 2.45) is 0 Å². The van der Waals surface area contributed by atoms with Crippen molar-refractivity contribution >= 4 is 28.7 Å². The van der Waals surface area contributed by atoms with Gasteiger partial charge in [0, 0.05) is 23.2 Å². The van der Waals surface area contributed by atoms with Gasteiger partial charge in [0.25, 0.3) is 0 Å². The molecule has 0 aliphatic heterocycles. The van der Waals surface area contributed by atoms with E-state index in [1.165, 1.54) is 6.92 Å². The Morgan fingerprint density at radius 1 is 1.03 bits per heavy atom. The number of carbonyl (C=O) groups is 2. The first-order chi connectivity index (χ1) is 16.8. The average molecular weight is 470 g/mol. The molecule has 35 heavy (non-hydrogen) atoms. The van der Waals surface area contributed by atoms with E-state index in [2.05, 4.69) is 14.8 Å². The predicted octanol–water partition coefficient (Wildman–Crippen LogP) is 4.98. The average Bonchev–Trinajstić information content (AvgIpc) is 3.14. The van der Waals surface area contributed by atoms with Gasteiger partial charge in [0.2, 0.25) is 0 Å². The van der Waals surface area contributed by atoms with Crippen LogP contribution in [-0.4, -0.2) is 37.7 Å². The molecule has 0 unspecified atom stereocenters. The van der Waals surface area contributed by atoms with Gasteiger partial charge in [0.05, 0.1) is 30.1 Å². The molecule has 0 saturated heterocycles. The van der Waals surface area contributed by atoms with Crippen LogP contribution < -0.4 is 0 Å². The number of ether oxygens (including phenoxy) is 1. The van der Waals surface area contributed by atoms with Crippen LogP contribution in [0.2, 0.25) is 0 Å². The van der Waals surface area contributed by atoms with Crippen LogP contribution in [0.5, 0.6) is 0 Å². The van der Waals surface area contributed by atoms with Crippen molar-refractivity contribution in [1.29, 1.82) is 0 Å². The maximum Gasteiger partial charge on any atom is 0.332 e. The number of aromatic nitrogens is 3. The minimum absolute atomic E-state index is 0.0294. The Labute approximate surface area is 203 Å². The summed E-state index contributed by atoms with van der Waals surface area (Å²) in [5, 5.41) is 17.8. The number of hydrogen-bond acceptors (Lipinski definition) is 5. The first kappa shape index (κ1) is 24.0. The molecular weight excluding hydrogens is 442 g/mol. The fraction of sp³-hybridized carbons (Fsp3) is 0.214. The normalized spacial score (nSPS) is 12.3. The highest BCUT2D eigenvalue weighted by Gasteiger charge is 2.21. The van der Waals surface area contributed by atoms with Crippen molar-refractivity contribution < 1.29 is 19.4 Å². The number of ketones is 1. The van der Waals surface area contributed by atoms with Gasteiger partial charge >= 0.3 is 5.97 Å². The number of benzene rings is 2. The van der Waals surface area contributed by atoms with E-state index < -0.39 is 12.1 Å². The van der Waals surface area contributed by atoms with Gasteiger partial charge in [-0.1, -0.05) is 66.2 Å². The molecule has 2 aromatic carbocycles. The highest BCUT2D eigenvalue weighted by Crippen LogP contribution is 2.27. The van der Waals surface area contributed by atoms with Crippen LogP contribution in [-0.2, 0) is 22.7 Å². The first-order valence-electron chi connectivity index (χ1n) is 11.4. The molecule has 4 rings (SSSR count). The molecule has 0 amide bonds. The quantitative estimate of drug-likeness (QED) is 0.347. The summed E-state index contributed by atoms with van der Waals surface area (Å²) in [7, 11) is 0. The Hall–Kier alpha value is -4.10. The Balaban J connectivity index is 1.53. The minimum Gasteiger partial charge on any atom is -0.479 e. The van der Waals surface area contributed by atoms with E-state index in [0.717, 1.165) is 33.3 Å². The van der Waals surface area contributed by atoms with Crippen LogP contribution >= 0.6 is 0 Å². The number of carbonyl (C=O) groups excluding carboxylic acids is 1. The lowest BCUT2D eigenvalue weighted by atomic mass is 10.0. The number of rotatable bonds is 9. The van der Waals surface area contributed by atoms with Crippen molar-refractivity contribution in [3.8, 4) is 0 Å². The highest BCUT2D eigenvalue weighted by molar-refractivity contribution is 6.17. The van der Waals surface area contributed by atoms with Gasteiger partial charge < -0.3 is 14.4 Å². The third kappa shape index (κ3) is 5.36. The molecule has 7 heteroatoms. The molecule has 2 aromatic heterocycles.